The van der Waals surface area contributed by atoms with Crippen molar-refractivity contribution < 1.29 is 14.1 Å². The summed E-state index contributed by atoms with van der Waals surface area (Å²) in [5.74, 6) is 0. The zero-order valence-corrected chi connectivity index (χ0v) is 24.4. The Bertz CT molecular complexity index is 367. The fourth-order valence-electron chi connectivity index (χ4n) is 6.75. The van der Waals surface area contributed by atoms with Gasteiger partial charge in [-0.25, -0.2) is 0 Å². The molecule has 0 aliphatic carbocycles. The van der Waals surface area contributed by atoms with E-state index in [1.165, 1.54) is 0 Å². The van der Waals surface area contributed by atoms with Gasteiger partial charge in [0.1, 0.15) is 0 Å². The third kappa shape index (κ3) is 7.34. The van der Waals surface area contributed by atoms with Crippen molar-refractivity contribution in [3.05, 3.63) is 0 Å². The molecule has 0 atom stereocenters. The SMILES string of the molecule is CC(C)(C)[CH]([Cr]([CH](C(C)(C)C)C(C)(C)C)[CH](C(C)(C)C)C(C)(C)C)C(C)(C)C. The topological polar surface area (TPSA) is 0 Å². The zero-order valence-electron chi connectivity index (χ0n) is 23.1. The molecular formula is C27H57Cr. The van der Waals surface area contributed by atoms with Crippen LogP contribution in [0.3, 0.4) is 0 Å². The van der Waals surface area contributed by atoms with Crippen LogP contribution in [0, 0.1) is 32.5 Å². The molecule has 0 aliphatic heterocycles. The van der Waals surface area contributed by atoms with Crippen molar-refractivity contribution in [2.45, 2.75) is 139 Å². The van der Waals surface area contributed by atoms with Gasteiger partial charge in [0.15, 0.2) is 0 Å². The maximum absolute atomic E-state index is 2.52. The van der Waals surface area contributed by atoms with Crippen LogP contribution in [0.4, 0.5) is 0 Å². The van der Waals surface area contributed by atoms with Gasteiger partial charge in [-0.05, 0) is 0 Å². The quantitative estimate of drug-likeness (QED) is 0.415. The van der Waals surface area contributed by atoms with Crippen LogP contribution in [0.1, 0.15) is 125 Å². The second kappa shape index (κ2) is 8.23. The molecule has 0 aromatic heterocycles. The van der Waals surface area contributed by atoms with Gasteiger partial charge in [-0.3, -0.25) is 0 Å². The predicted molar refractivity (Wildman–Crippen MR) is 128 cm³/mol. The van der Waals surface area contributed by atoms with E-state index in [1.54, 1.807) is 0 Å². The molecule has 0 saturated carbocycles. The molecule has 0 saturated heterocycles. The van der Waals surface area contributed by atoms with Crippen molar-refractivity contribution in [3.8, 4) is 0 Å². The molecule has 28 heavy (non-hydrogen) atoms. The van der Waals surface area contributed by atoms with E-state index in [0.717, 1.165) is 14.3 Å². The summed E-state index contributed by atoms with van der Waals surface area (Å²) in [5.41, 5.74) is 1.87. The Morgan fingerprint density at radius 2 is 0.393 bits per heavy atom. The molecule has 0 aromatic rings. The molecule has 0 amide bonds. The predicted octanol–water partition coefficient (Wildman–Crippen LogP) is 10.2. The average Bonchev–Trinajstić information content (AvgIpc) is 2.13. The summed E-state index contributed by atoms with van der Waals surface area (Å²) in [5, 5.41) is 0. The molecule has 0 spiro atoms. The first-order valence-corrected chi connectivity index (χ1v) is 13.6. The van der Waals surface area contributed by atoms with Crippen LogP contribution in [0.2, 0.25) is 14.3 Å². The van der Waals surface area contributed by atoms with Crippen LogP contribution in [-0.2, 0) is 14.1 Å². The first-order chi connectivity index (χ1) is 11.7. The Kier molecular flexibility index (Phi) is 8.39. The van der Waals surface area contributed by atoms with Gasteiger partial charge in [-0.2, -0.15) is 0 Å². The van der Waals surface area contributed by atoms with Crippen LogP contribution >= 0.6 is 0 Å². The molecule has 0 heterocycles. The Morgan fingerprint density at radius 3 is 0.464 bits per heavy atom. The minimum atomic E-state index is -1.13. The summed E-state index contributed by atoms with van der Waals surface area (Å²) in [4.78, 5) is 0. The van der Waals surface area contributed by atoms with Crippen molar-refractivity contribution in [2.75, 3.05) is 0 Å². The third-order valence-corrected chi connectivity index (χ3v) is 14.7. The van der Waals surface area contributed by atoms with E-state index < -0.39 is 14.1 Å². The Labute approximate surface area is 185 Å². The molecule has 0 nitrogen and oxygen atoms in total. The summed E-state index contributed by atoms with van der Waals surface area (Å²) in [6.07, 6.45) is 0. The molecule has 0 radical (unpaired) electrons. The Hall–Kier alpha value is 0.532. The van der Waals surface area contributed by atoms with Crippen LogP contribution in [0.25, 0.3) is 0 Å². The van der Waals surface area contributed by atoms with E-state index in [2.05, 4.69) is 125 Å². The fraction of sp³-hybridized carbons (Fsp3) is 1.00. The first kappa shape index (κ1) is 28.5. The van der Waals surface area contributed by atoms with Gasteiger partial charge in [0.05, 0.1) is 0 Å². The van der Waals surface area contributed by atoms with Crippen molar-refractivity contribution in [1.82, 2.24) is 0 Å². The molecule has 0 N–H and O–H groups in total. The van der Waals surface area contributed by atoms with Gasteiger partial charge >= 0.3 is 186 Å². The molecule has 1 heteroatoms. The van der Waals surface area contributed by atoms with Gasteiger partial charge in [-0.15, -0.1) is 0 Å². The maximum atomic E-state index is 2.52. The van der Waals surface area contributed by atoms with Gasteiger partial charge in [0.25, 0.3) is 0 Å². The van der Waals surface area contributed by atoms with Crippen molar-refractivity contribution >= 4 is 0 Å². The fourth-order valence-corrected chi connectivity index (χ4v) is 15.7. The zero-order chi connectivity index (χ0) is 23.3. The Morgan fingerprint density at radius 1 is 0.286 bits per heavy atom. The molecule has 0 unspecified atom stereocenters. The summed E-state index contributed by atoms with van der Waals surface area (Å²) < 4.78 is 2.27. The van der Waals surface area contributed by atoms with E-state index in [1.807, 2.05) is 0 Å². The number of hydrogen-bond acceptors (Lipinski definition) is 0. The summed E-state index contributed by atoms with van der Waals surface area (Å²) in [6.45, 7) is 45.3. The van der Waals surface area contributed by atoms with Gasteiger partial charge < -0.3 is 0 Å². The van der Waals surface area contributed by atoms with E-state index in [9.17, 15) is 0 Å². The van der Waals surface area contributed by atoms with Gasteiger partial charge in [-0.1, -0.05) is 0 Å². The van der Waals surface area contributed by atoms with E-state index in [-0.39, 0.29) is 0 Å². The molecule has 0 fully saturated rings. The van der Waals surface area contributed by atoms with Crippen LogP contribution in [0.15, 0.2) is 0 Å². The van der Waals surface area contributed by atoms with Crippen LogP contribution in [0.5, 0.6) is 0 Å². The molecule has 0 bridgehead atoms. The van der Waals surface area contributed by atoms with E-state index in [4.69, 9.17) is 0 Å². The van der Waals surface area contributed by atoms with Crippen molar-refractivity contribution in [3.63, 3.8) is 0 Å². The van der Waals surface area contributed by atoms with E-state index in [0.29, 0.717) is 32.5 Å². The normalized spacial score (nSPS) is 16.1. The Balaban J connectivity index is 7.30. The minimum absolute atomic E-state index is 0.312. The van der Waals surface area contributed by atoms with Crippen molar-refractivity contribution in [2.24, 2.45) is 32.5 Å². The monoisotopic (exact) mass is 433 g/mol. The van der Waals surface area contributed by atoms with Crippen LogP contribution in [-0.4, -0.2) is 0 Å². The molecular weight excluding hydrogens is 376 g/mol. The second-order valence-corrected chi connectivity index (χ2v) is 19.2. The third-order valence-electron chi connectivity index (χ3n) is 5.54. The molecule has 171 valence electrons. The van der Waals surface area contributed by atoms with Gasteiger partial charge in [0.2, 0.25) is 0 Å². The summed E-state index contributed by atoms with van der Waals surface area (Å²) in [7, 11) is 0. The number of hydrogen-bond donors (Lipinski definition) is 0. The molecule has 0 aliphatic rings. The number of rotatable bonds is 3. The first-order valence-electron chi connectivity index (χ1n) is 11.4. The van der Waals surface area contributed by atoms with Crippen LogP contribution < -0.4 is 0 Å². The van der Waals surface area contributed by atoms with Crippen molar-refractivity contribution in [1.29, 1.82) is 0 Å². The average molecular weight is 434 g/mol. The molecule has 0 rings (SSSR count). The molecule has 0 aromatic carbocycles. The van der Waals surface area contributed by atoms with E-state index >= 15 is 0 Å². The standard InChI is InChI=1S/3C9H19.Cr/c3*1-8(2,3)7-9(4,5)6;/h3*7H,1-6H3;. The summed E-state index contributed by atoms with van der Waals surface area (Å²) >= 11 is -1.13. The van der Waals surface area contributed by atoms with Gasteiger partial charge in [0, 0.05) is 0 Å². The summed E-state index contributed by atoms with van der Waals surface area (Å²) in [6, 6.07) is 0. The second-order valence-electron chi connectivity index (χ2n) is 15.7.